The molecule has 0 aliphatic carbocycles. The van der Waals surface area contributed by atoms with Crippen LogP contribution in [0.25, 0.3) is 0 Å². The average molecular weight is 368 g/mol. The highest BCUT2D eigenvalue weighted by Crippen LogP contribution is 2.37. The Balaban J connectivity index is 3.00. The largest absolute Gasteiger partial charge is 0.493 e. The van der Waals surface area contributed by atoms with Gasteiger partial charge >= 0.3 is 12.6 Å². The quantitative estimate of drug-likeness (QED) is 0.802. The molecule has 118 valence electrons. The molecule has 1 aromatic rings. The topological polar surface area (TPSA) is 59.0 Å². The minimum absolute atomic E-state index is 0.0924. The maximum absolute atomic E-state index is 12.4. The molecule has 0 amide bonds. The molecule has 1 unspecified atom stereocenters. The molecule has 1 N–H and O–H groups in total. The Labute approximate surface area is 129 Å². The van der Waals surface area contributed by atoms with E-state index >= 15 is 0 Å². The van der Waals surface area contributed by atoms with Gasteiger partial charge in [-0.1, -0.05) is 0 Å². The third-order valence-corrected chi connectivity index (χ3v) is 3.54. The lowest BCUT2D eigenvalue weighted by molar-refractivity contribution is -0.142. The van der Waals surface area contributed by atoms with Gasteiger partial charge in [0.1, 0.15) is 6.04 Å². The van der Waals surface area contributed by atoms with E-state index in [4.69, 9.17) is 9.84 Å². The van der Waals surface area contributed by atoms with Crippen molar-refractivity contribution in [2.75, 3.05) is 14.2 Å². The molecule has 0 aliphatic rings. The highest BCUT2D eigenvalue weighted by Gasteiger charge is 2.20. The molecule has 1 rings (SSSR count). The van der Waals surface area contributed by atoms with Gasteiger partial charge in [0.05, 0.1) is 11.6 Å². The van der Waals surface area contributed by atoms with Gasteiger partial charge in [-0.2, -0.15) is 8.78 Å². The number of carboxylic acid groups (broad SMARTS) is 1. The second kappa shape index (κ2) is 7.56. The van der Waals surface area contributed by atoms with E-state index in [1.54, 1.807) is 24.9 Å². The third kappa shape index (κ3) is 4.82. The Hall–Kier alpha value is -1.41. The van der Waals surface area contributed by atoms with E-state index in [2.05, 4.69) is 20.7 Å². The van der Waals surface area contributed by atoms with Crippen molar-refractivity contribution in [2.45, 2.75) is 26.1 Å². The Morgan fingerprint density at radius 1 is 1.48 bits per heavy atom. The van der Waals surface area contributed by atoms with Crippen molar-refractivity contribution in [3.8, 4) is 11.5 Å². The summed E-state index contributed by atoms with van der Waals surface area (Å²) in [4.78, 5) is 12.5. The van der Waals surface area contributed by atoms with Crippen molar-refractivity contribution in [1.29, 1.82) is 0 Å². The van der Waals surface area contributed by atoms with Crippen LogP contribution >= 0.6 is 15.9 Å². The van der Waals surface area contributed by atoms with E-state index in [1.165, 1.54) is 13.2 Å². The summed E-state index contributed by atoms with van der Waals surface area (Å²) in [7, 11) is 3.00. The molecule has 0 heterocycles. The molecule has 0 radical (unpaired) electrons. The lowest BCUT2D eigenvalue weighted by Crippen LogP contribution is -2.35. The van der Waals surface area contributed by atoms with Crippen LogP contribution in [-0.2, 0) is 11.3 Å². The molecule has 1 atom stereocenters. The average Bonchev–Trinajstić information content (AvgIpc) is 2.39. The van der Waals surface area contributed by atoms with E-state index in [1.807, 2.05) is 0 Å². The number of benzene rings is 1. The summed E-state index contributed by atoms with van der Waals surface area (Å²) >= 11 is 3.15. The van der Waals surface area contributed by atoms with Gasteiger partial charge in [0.2, 0.25) is 0 Å². The Bertz CT molecular complexity index is 513. The Morgan fingerprint density at radius 2 is 2.10 bits per heavy atom. The fraction of sp³-hybridized carbons (Fsp3) is 0.462. The number of carbonyl (C=O) groups is 1. The highest BCUT2D eigenvalue weighted by molar-refractivity contribution is 9.10. The van der Waals surface area contributed by atoms with E-state index in [-0.39, 0.29) is 11.5 Å². The fourth-order valence-corrected chi connectivity index (χ4v) is 2.26. The number of rotatable bonds is 7. The van der Waals surface area contributed by atoms with Crippen LogP contribution < -0.4 is 9.47 Å². The molecular formula is C13H16BrF2NO4. The van der Waals surface area contributed by atoms with Crippen molar-refractivity contribution in [3.63, 3.8) is 0 Å². The highest BCUT2D eigenvalue weighted by atomic mass is 79.9. The molecule has 1 aromatic carbocycles. The van der Waals surface area contributed by atoms with Crippen molar-refractivity contribution >= 4 is 21.9 Å². The number of likely N-dealkylation sites (N-methyl/N-ethyl adjacent to an activating group) is 1. The summed E-state index contributed by atoms with van der Waals surface area (Å²) in [5.41, 5.74) is 0.705. The van der Waals surface area contributed by atoms with E-state index in [9.17, 15) is 13.6 Å². The van der Waals surface area contributed by atoms with Gasteiger partial charge in [-0.15, -0.1) is 0 Å². The lowest BCUT2D eigenvalue weighted by atomic mass is 10.1. The summed E-state index contributed by atoms with van der Waals surface area (Å²) in [6.45, 7) is -1.09. The van der Waals surface area contributed by atoms with Crippen LogP contribution in [0.4, 0.5) is 8.78 Å². The second-order valence-electron chi connectivity index (χ2n) is 4.42. The molecule has 8 heteroatoms. The zero-order valence-corrected chi connectivity index (χ0v) is 13.4. The monoisotopic (exact) mass is 367 g/mol. The van der Waals surface area contributed by atoms with Crippen LogP contribution in [0.1, 0.15) is 12.5 Å². The molecule has 21 heavy (non-hydrogen) atoms. The minimum atomic E-state index is -2.96. The molecule has 5 nitrogen and oxygen atoms in total. The van der Waals surface area contributed by atoms with Gasteiger partial charge in [-0.25, -0.2) is 0 Å². The standard InChI is InChI=1S/C13H16BrF2NO4/c1-7(12(18)19)17(2)6-8-4-9(14)11(21-13(15)16)10(5-8)20-3/h4-5,7,13H,6H2,1-3H3,(H,18,19). The van der Waals surface area contributed by atoms with E-state index in [0.717, 1.165) is 0 Å². The summed E-state index contributed by atoms with van der Waals surface area (Å²) in [6, 6.07) is 2.45. The molecule has 0 saturated carbocycles. The fourth-order valence-electron chi connectivity index (χ4n) is 1.68. The van der Waals surface area contributed by atoms with Crippen LogP contribution in [0.5, 0.6) is 11.5 Å². The molecule has 0 fully saturated rings. The predicted octanol–water partition coefficient (Wildman–Crippen LogP) is 2.96. The van der Waals surface area contributed by atoms with Crippen molar-refractivity contribution < 1.29 is 28.2 Å². The first-order valence-corrected chi connectivity index (χ1v) is 6.79. The van der Waals surface area contributed by atoms with E-state index < -0.39 is 18.6 Å². The Morgan fingerprint density at radius 3 is 2.57 bits per heavy atom. The van der Waals surface area contributed by atoms with Gasteiger partial charge in [0, 0.05) is 6.54 Å². The number of hydrogen-bond acceptors (Lipinski definition) is 4. The van der Waals surface area contributed by atoms with Crippen LogP contribution in [-0.4, -0.2) is 42.8 Å². The molecule has 0 bridgehead atoms. The van der Waals surface area contributed by atoms with Crippen molar-refractivity contribution in [3.05, 3.63) is 22.2 Å². The summed E-state index contributed by atoms with van der Waals surface area (Å²) < 4.78 is 34.4. The number of ether oxygens (including phenoxy) is 2. The normalized spacial score (nSPS) is 12.6. The number of nitrogens with zero attached hydrogens (tertiary/aromatic N) is 1. The van der Waals surface area contributed by atoms with Crippen molar-refractivity contribution in [2.24, 2.45) is 0 Å². The first kappa shape index (κ1) is 17.6. The first-order valence-electron chi connectivity index (χ1n) is 6.00. The predicted molar refractivity (Wildman–Crippen MR) is 75.9 cm³/mol. The van der Waals surface area contributed by atoms with Gasteiger partial charge < -0.3 is 14.6 Å². The van der Waals surface area contributed by atoms with Crippen LogP contribution in [0.3, 0.4) is 0 Å². The Kier molecular flexibility index (Phi) is 6.35. The molecule has 0 spiro atoms. The van der Waals surface area contributed by atoms with Gasteiger partial charge in [0.25, 0.3) is 0 Å². The van der Waals surface area contributed by atoms with Gasteiger partial charge in [-0.3, -0.25) is 9.69 Å². The van der Waals surface area contributed by atoms with E-state index in [0.29, 0.717) is 16.6 Å². The maximum atomic E-state index is 12.4. The first-order chi connectivity index (χ1) is 9.76. The molecule has 0 aromatic heterocycles. The number of alkyl halides is 2. The van der Waals surface area contributed by atoms with Crippen molar-refractivity contribution in [1.82, 2.24) is 4.90 Å². The smallest absolute Gasteiger partial charge is 0.387 e. The summed E-state index contributed by atoms with van der Waals surface area (Å²) in [6.07, 6.45) is 0. The molecule has 0 aliphatic heterocycles. The van der Waals surface area contributed by atoms with Crippen LogP contribution in [0, 0.1) is 0 Å². The lowest BCUT2D eigenvalue weighted by Gasteiger charge is -2.22. The van der Waals surface area contributed by atoms with Crippen LogP contribution in [0.15, 0.2) is 16.6 Å². The zero-order chi connectivity index (χ0) is 16.2. The molecule has 0 saturated heterocycles. The number of carboxylic acids is 1. The molecular weight excluding hydrogens is 352 g/mol. The second-order valence-corrected chi connectivity index (χ2v) is 5.27. The number of hydrogen-bond donors (Lipinski definition) is 1. The van der Waals surface area contributed by atoms with Crippen LogP contribution in [0.2, 0.25) is 0 Å². The van der Waals surface area contributed by atoms with Gasteiger partial charge in [-0.05, 0) is 47.6 Å². The number of halogens is 3. The summed E-state index contributed by atoms with van der Waals surface area (Å²) in [5.74, 6) is -0.887. The number of aliphatic carboxylic acids is 1. The SMILES string of the molecule is COc1cc(CN(C)C(C)C(=O)O)cc(Br)c1OC(F)F. The van der Waals surface area contributed by atoms with Gasteiger partial charge in [0.15, 0.2) is 11.5 Å². The zero-order valence-electron chi connectivity index (χ0n) is 11.8. The summed E-state index contributed by atoms with van der Waals surface area (Å²) in [5, 5.41) is 8.95. The number of methoxy groups -OCH3 is 1. The third-order valence-electron chi connectivity index (χ3n) is 2.95. The maximum Gasteiger partial charge on any atom is 0.387 e. The minimum Gasteiger partial charge on any atom is -0.493 e.